The highest BCUT2D eigenvalue weighted by molar-refractivity contribution is 5.75. The van der Waals surface area contributed by atoms with Crippen molar-refractivity contribution in [3.05, 3.63) is 32.9 Å². The van der Waals surface area contributed by atoms with E-state index in [1.54, 1.807) is 34.6 Å². The first kappa shape index (κ1) is 27.1. The lowest BCUT2D eigenvalue weighted by Crippen LogP contribution is -2.45. The molecule has 1 fully saturated rings. The first-order valence-electron chi connectivity index (χ1n) is 10.7. The van der Waals surface area contributed by atoms with Crippen molar-refractivity contribution in [1.29, 1.82) is 0 Å². The van der Waals surface area contributed by atoms with E-state index in [1.807, 2.05) is 0 Å². The molecule has 0 amide bonds. The average molecular weight is 476 g/mol. The van der Waals surface area contributed by atoms with Gasteiger partial charge >= 0.3 is 11.7 Å². The fraction of sp³-hybridized carbons (Fsp3) is 0.762. The summed E-state index contributed by atoms with van der Waals surface area (Å²) < 4.78 is 42.4. The molecule has 188 valence electrons. The molecule has 2 heterocycles. The zero-order chi connectivity index (χ0) is 24.8. The highest BCUT2D eigenvalue weighted by Gasteiger charge is 2.49. The van der Waals surface area contributed by atoms with E-state index in [-0.39, 0.29) is 26.4 Å². The summed E-state index contributed by atoms with van der Waals surface area (Å²) in [6, 6.07) is 0. The maximum Gasteiger partial charge on any atom is 0.336 e. The van der Waals surface area contributed by atoms with Gasteiger partial charge in [0.1, 0.15) is 24.7 Å². The molecule has 11 nitrogen and oxygen atoms in total. The number of aromatic nitrogens is 2. The number of ether oxygens (including phenoxy) is 5. The lowest BCUT2D eigenvalue weighted by molar-refractivity contribution is -0.157. The number of carbonyl (C=O) groups excluding carboxylic acids is 1. The molecule has 1 aromatic heterocycles. The van der Waals surface area contributed by atoms with Crippen LogP contribution >= 0.6 is 0 Å². The Labute approximate surface area is 191 Å². The number of halogens is 1. The molecule has 0 aliphatic carbocycles. The van der Waals surface area contributed by atoms with Crippen LogP contribution in [0.2, 0.25) is 0 Å². The molecule has 0 spiro atoms. The van der Waals surface area contributed by atoms with Gasteiger partial charge in [-0.1, -0.05) is 0 Å². The lowest BCUT2D eigenvalue weighted by Gasteiger charge is -2.27. The molecule has 0 aromatic carbocycles. The molecular formula is C21H33FN2O9. The van der Waals surface area contributed by atoms with Gasteiger partial charge < -0.3 is 28.8 Å². The molecular weight excluding hydrogens is 443 g/mol. The number of rotatable bonds is 11. The van der Waals surface area contributed by atoms with Gasteiger partial charge in [0.15, 0.2) is 6.73 Å². The Morgan fingerprint density at radius 3 is 2.52 bits per heavy atom. The zero-order valence-electron chi connectivity index (χ0n) is 19.7. The Bertz CT molecular complexity index is 924. The molecule has 1 aliphatic heterocycles. The monoisotopic (exact) mass is 476 g/mol. The highest BCUT2D eigenvalue weighted by Crippen LogP contribution is 2.36. The van der Waals surface area contributed by atoms with E-state index in [4.69, 9.17) is 23.7 Å². The van der Waals surface area contributed by atoms with Gasteiger partial charge in [-0.2, -0.15) is 4.39 Å². The van der Waals surface area contributed by atoms with E-state index >= 15 is 0 Å². The van der Waals surface area contributed by atoms with Gasteiger partial charge in [0.2, 0.25) is 5.82 Å². The molecule has 12 heteroatoms. The fourth-order valence-corrected chi connectivity index (χ4v) is 3.13. The lowest BCUT2D eigenvalue weighted by atomic mass is 9.96. The molecule has 1 N–H and O–H groups in total. The van der Waals surface area contributed by atoms with E-state index in [1.165, 1.54) is 0 Å². The zero-order valence-corrected chi connectivity index (χ0v) is 19.7. The van der Waals surface area contributed by atoms with Crippen LogP contribution in [0.25, 0.3) is 0 Å². The van der Waals surface area contributed by atoms with E-state index < -0.39 is 53.1 Å². The van der Waals surface area contributed by atoms with Crippen LogP contribution in [-0.2, 0) is 35.2 Å². The van der Waals surface area contributed by atoms with Gasteiger partial charge in [0, 0.05) is 19.6 Å². The van der Waals surface area contributed by atoms with Crippen molar-refractivity contribution in [2.24, 2.45) is 5.41 Å². The minimum absolute atomic E-state index is 0.0235. The normalized spacial score (nSPS) is 23.1. The molecule has 1 saturated heterocycles. The van der Waals surface area contributed by atoms with E-state index in [9.17, 15) is 23.9 Å². The minimum Gasteiger partial charge on any atom is -0.443 e. The summed E-state index contributed by atoms with van der Waals surface area (Å²) in [6.45, 7) is 8.16. The number of esters is 1. The van der Waals surface area contributed by atoms with Crippen LogP contribution in [0.15, 0.2) is 15.8 Å². The van der Waals surface area contributed by atoms with Gasteiger partial charge in [0.25, 0.3) is 5.56 Å². The summed E-state index contributed by atoms with van der Waals surface area (Å²) >= 11 is 0. The second kappa shape index (κ2) is 11.3. The van der Waals surface area contributed by atoms with Gasteiger partial charge in [-0.25, -0.2) is 9.36 Å². The molecule has 0 unspecified atom stereocenters. The van der Waals surface area contributed by atoms with Crippen molar-refractivity contribution < 1.29 is 38.0 Å². The number of carbonyl (C=O) groups is 1. The van der Waals surface area contributed by atoms with Crippen LogP contribution < -0.4 is 11.2 Å². The van der Waals surface area contributed by atoms with Crippen LogP contribution in [0.4, 0.5) is 4.39 Å². The average Bonchev–Trinajstić information content (AvgIpc) is 3.07. The smallest absolute Gasteiger partial charge is 0.336 e. The topological polar surface area (TPSA) is 127 Å². The van der Waals surface area contributed by atoms with E-state index in [0.717, 1.165) is 4.57 Å². The summed E-state index contributed by atoms with van der Waals surface area (Å²) in [5.74, 6) is -1.91. The number of hydrogen-bond acceptors (Lipinski definition) is 9. The molecule has 0 saturated carbocycles. The van der Waals surface area contributed by atoms with Crippen molar-refractivity contribution in [3.8, 4) is 0 Å². The van der Waals surface area contributed by atoms with Gasteiger partial charge in [-0.05, 0) is 34.6 Å². The predicted molar refractivity (Wildman–Crippen MR) is 113 cm³/mol. The van der Waals surface area contributed by atoms with Crippen molar-refractivity contribution in [2.75, 3.05) is 33.2 Å². The maximum absolute atomic E-state index is 14.4. The van der Waals surface area contributed by atoms with Gasteiger partial charge in [0.05, 0.1) is 24.8 Å². The summed E-state index contributed by atoms with van der Waals surface area (Å²) in [4.78, 5) is 37.2. The second-order valence-corrected chi connectivity index (χ2v) is 8.72. The molecule has 33 heavy (non-hydrogen) atoms. The van der Waals surface area contributed by atoms with Crippen LogP contribution in [0, 0.1) is 11.2 Å². The Hall–Kier alpha value is -2.12. The summed E-state index contributed by atoms with van der Waals surface area (Å²) in [5, 5.41) is 11.1. The third-order valence-corrected chi connectivity index (χ3v) is 5.05. The van der Waals surface area contributed by atoms with Crippen LogP contribution in [0.3, 0.4) is 0 Å². The maximum atomic E-state index is 14.4. The molecule has 3 atom stereocenters. The fourth-order valence-electron chi connectivity index (χ4n) is 3.13. The molecule has 0 radical (unpaired) electrons. The highest BCUT2D eigenvalue weighted by atomic mass is 19.1. The van der Waals surface area contributed by atoms with Crippen LogP contribution in [0.1, 0.15) is 47.3 Å². The Morgan fingerprint density at radius 2 is 1.91 bits per heavy atom. The SMILES string of the molecule is CCOCOC[C@H]1O[C@@H](n2cc(F)c(=O)n(COC(=O)C(C)(C)C)c2=O)C[C@@]1(O)COCC. The largest absolute Gasteiger partial charge is 0.443 e. The van der Waals surface area contributed by atoms with E-state index in [2.05, 4.69) is 0 Å². The van der Waals surface area contributed by atoms with E-state index in [0.29, 0.717) is 24.0 Å². The molecule has 0 bridgehead atoms. The summed E-state index contributed by atoms with van der Waals surface area (Å²) in [7, 11) is 0. The number of nitrogens with zero attached hydrogens (tertiary/aromatic N) is 2. The molecule has 1 aromatic rings. The standard InChI is InChI=1S/C21H33FN2O9/c1-6-29-11-21(28)8-16(33-15(21)10-31-13-30-7-2)23-9-14(22)17(25)24(19(23)27)12-32-18(26)20(3,4)5/h9,15-16,28H,6-8,10-13H2,1-5H3/t15-,16-,21-/m1/s1. The van der Waals surface area contributed by atoms with Gasteiger partial charge in [-0.15, -0.1) is 0 Å². The van der Waals surface area contributed by atoms with Crippen LogP contribution in [0.5, 0.6) is 0 Å². The first-order valence-corrected chi connectivity index (χ1v) is 10.7. The Morgan fingerprint density at radius 1 is 1.24 bits per heavy atom. The summed E-state index contributed by atoms with van der Waals surface area (Å²) in [5.41, 5.74) is -4.61. The van der Waals surface area contributed by atoms with Gasteiger partial charge in [-0.3, -0.25) is 14.2 Å². The summed E-state index contributed by atoms with van der Waals surface area (Å²) in [6.07, 6.45) is -1.46. The number of aliphatic hydroxyl groups is 1. The third-order valence-electron chi connectivity index (χ3n) is 5.05. The predicted octanol–water partition coefficient (Wildman–Crippen LogP) is 0.762. The van der Waals surface area contributed by atoms with Crippen molar-refractivity contribution >= 4 is 5.97 Å². The Balaban J connectivity index is 2.30. The van der Waals surface area contributed by atoms with Crippen molar-refractivity contribution in [1.82, 2.24) is 9.13 Å². The minimum atomic E-state index is -1.54. The van der Waals surface area contributed by atoms with Crippen molar-refractivity contribution in [2.45, 2.75) is 65.7 Å². The first-order chi connectivity index (χ1) is 15.4. The second-order valence-electron chi connectivity index (χ2n) is 8.72. The number of hydrogen-bond donors (Lipinski definition) is 1. The Kier molecular flexibility index (Phi) is 9.32. The van der Waals surface area contributed by atoms with Crippen LogP contribution in [-0.4, -0.2) is 65.1 Å². The quantitative estimate of drug-likeness (QED) is 0.280. The van der Waals surface area contributed by atoms with Crippen molar-refractivity contribution in [3.63, 3.8) is 0 Å². The molecule has 1 aliphatic rings. The third kappa shape index (κ3) is 6.70. The molecule has 2 rings (SSSR count).